The minimum atomic E-state index is -0.0691. The molecule has 2 heterocycles. The van der Waals surface area contributed by atoms with E-state index in [0.717, 1.165) is 29.9 Å². The molecule has 1 aromatic carbocycles. The van der Waals surface area contributed by atoms with Crippen LogP contribution in [-0.4, -0.2) is 42.3 Å². The maximum Gasteiger partial charge on any atom is 0.224 e. The molecule has 5 heteroatoms. The fraction of sp³-hybridized carbons (Fsp3) is 0.467. The van der Waals surface area contributed by atoms with Crippen LogP contribution in [0.15, 0.2) is 24.3 Å². The Bertz CT molecular complexity index is 626. The molecule has 1 saturated heterocycles. The molecule has 2 aromatic rings. The van der Waals surface area contributed by atoms with Crippen LogP contribution in [-0.2, 0) is 4.74 Å². The summed E-state index contributed by atoms with van der Waals surface area (Å²) in [6.45, 7) is 6.65. The zero-order valence-corrected chi connectivity index (χ0v) is 12.2. The van der Waals surface area contributed by atoms with Crippen LogP contribution >= 0.6 is 0 Å². The molecule has 1 aromatic heterocycles. The minimum Gasteiger partial charge on any atom is -0.377 e. The van der Waals surface area contributed by atoms with Gasteiger partial charge >= 0.3 is 0 Å². The third-order valence-electron chi connectivity index (χ3n) is 3.71. The second-order valence-electron chi connectivity index (χ2n) is 5.65. The van der Waals surface area contributed by atoms with Gasteiger partial charge in [-0.3, -0.25) is 0 Å². The fourth-order valence-electron chi connectivity index (χ4n) is 2.63. The lowest BCUT2D eigenvalue weighted by Crippen LogP contribution is -2.53. The van der Waals surface area contributed by atoms with E-state index in [1.54, 1.807) is 0 Å². The van der Waals surface area contributed by atoms with Gasteiger partial charge in [0, 0.05) is 19.0 Å². The van der Waals surface area contributed by atoms with Gasteiger partial charge in [0.1, 0.15) is 5.82 Å². The van der Waals surface area contributed by atoms with Gasteiger partial charge in [0.15, 0.2) is 0 Å². The number of hydrogen-bond acceptors (Lipinski definition) is 5. The van der Waals surface area contributed by atoms with Crippen molar-refractivity contribution in [1.82, 2.24) is 9.97 Å². The van der Waals surface area contributed by atoms with Crippen LogP contribution in [0.5, 0.6) is 0 Å². The maximum atomic E-state index is 5.60. The first kappa shape index (κ1) is 13.1. The number of rotatable bonds is 2. The van der Waals surface area contributed by atoms with Crippen molar-refractivity contribution in [3.63, 3.8) is 0 Å². The normalized spacial score (nSPS) is 18.2. The summed E-state index contributed by atoms with van der Waals surface area (Å²) in [4.78, 5) is 11.5. The highest BCUT2D eigenvalue weighted by atomic mass is 16.5. The summed E-state index contributed by atoms with van der Waals surface area (Å²) >= 11 is 0. The summed E-state index contributed by atoms with van der Waals surface area (Å²) in [7, 11) is 1.85. The van der Waals surface area contributed by atoms with Crippen LogP contribution in [0, 0.1) is 0 Å². The Morgan fingerprint density at radius 2 is 2.05 bits per heavy atom. The second-order valence-corrected chi connectivity index (χ2v) is 5.65. The Labute approximate surface area is 119 Å². The summed E-state index contributed by atoms with van der Waals surface area (Å²) in [5.41, 5.74) is 0.893. The monoisotopic (exact) mass is 272 g/mol. The molecule has 3 rings (SSSR count). The van der Waals surface area contributed by atoms with E-state index in [-0.39, 0.29) is 5.54 Å². The molecule has 1 N–H and O–H groups in total. The maximum absolute atomic E-state index is 5.60. The van der Waals surface area contributed by atoms with Crippen molar-refractivity contribution in [3.8, 4) is 0 Å². The Hall–Kier alpha value is -1.88. The summed E-state index contributed by atoms with van der Waals surface area (Å²) in [6, 6.07) is 8.13. The molecule has 1 fully saturated rings. The number of nitrogens with zero attached hydrogens (tertiary/aromatic N) is 3. The second kappa shape index (κ2) is 4.90. The zero-order valence-electron chi connectivity index (χ0n) is 12.2. The molecule has 20 heavy (non-hydrogen) atoms. The molecule has 1 aliphatic heterocycles. The molecular formula is C15H20N4O. The van der Waals surface area contributed by atoms with Crippen LogP contribution in [0.1, 0.15) is 13.8 Å². The van der Waals surface area contributed by atoms with Crippen LogP contribution in [0.2, 0.25) is 0 Å². The topological polar surface area (TPSA) is 50.3 Å². The number of nitrogens with one attached hydrogen (secondary N) is 1. The van der Waals surface area contributed by atoms with Gasteiger partial charge in [0.2, 0.25) is 5.95 Å². The van der Waals surface area contributed by atoms with E-state index in [9.17, 15) is 0 Å². The molecule has 0 atom stereocenters. The Morgan fingerprint density at radius 3 is 2.80 bits per heavy atom. The Morgan fingerprint density at radius 1 is 1.25 bits per heavy atom. The molecule has 0 amide bonds. The average molecular weight is 272 g/mol. The summed E-state index contributed by atoms with van der Waals surface area (Å²) in [5.74, 6) is 1.63. The lowest BCUT2D eigenvalue weighted by atomic mass is 10.0. The van der Waals surface area contributed by atoms with Gasteiger partial charge in [-0.2, -0.15) is 4.98 Å². The predicted molar refractivity (Wildman–Crippen MR) is 81.3 cm³/mol. The van der Waals surface area contributed by atoms with Crippen LogP contribution in [0.4, 0.5) is 11.8 Å². The highest BCUT2D eigenvalue weighted by molar-refractivity contribution is 5.90. The standard InChI is InChI=1S/C15H20N4O/c1-15(2)10-20-9-8-19(15)13-11-6-4-5-7-12(11)17-14(16-3)18-13/h4-7H,8-10H2,1-3H3,(H,16,17,18). The lowest BCUT2D eigenvalue weighted by molar-refractivity contribution is 0.0641. The van der Waals surface area contributed by atoms with Crippen molar-refractivity contribution >= 4 is 22.7 Å². The van der Waals surface area contributed by atoms with Gasteiger partial charge in [0.25, 0.3) is 0 Å². The van der Waals surface area contributed by atoms with Crippen molar-refractivity contribution in [2.45, 2.75) is 19.4 Å². The van der Waals surface area contributed by atoms with Gasteiger partial charge in [-0.05, 0) is 26.0 Å². The summed E-state index contributed by atoms with van der Waals surface area (Å²) in [6.07, 6.45) is 0. The molecule has 0 bridgehead atoms. The minimum absolute atomic E-state index is 0.0691. The van der Waals surface area contributed by atoms with E-state index >= 15 is 0 Å². The molecule has 0 unspecified atom stereocenters. The van der Waals surface area contributed by atoms with E-state index < -0.39 is 0 Å². The molecule has 5 nitrogen and oxygen atoms in total. The highest BCUT2D eigenvalue weighted by Gasteiger charge is 2.32. The first-order valence-electron chi connectivity index (χ1n) is 6.92. The number of morpholine rings is 1. The molecule has 0 saturated carbocycles. The van der Waals surface area contributed by atoms with Crippen LogP contribution < -0.4 is 10.2 Å². The fourth-order valence-corrected chi connectivity index (χ4v) is 2.63. The third-order valence-corrected chi connectivity index (χ3v) is 3.71. The third kappa shape index (κ3) is 2.18. The number of anilines is 2. The number of para-hydroxylation sites is 1. The van der Waals surface area contributed by atoms with Gasteiger partial charge in [0.05, 0.1) is 24.3 Å². The zero-order chi connectivity index (χ0) is 14.2. The highest BCUT2D eigenvalue weighted by Crippen LogP contribution is 2.31. The Kier molecular flexibility index (Phi) is 3.22. The van der Waals surface area contributed by atoms with Crippen molar-refractivity contribution in [2.24, 2.45) is 0 Å². The van der Waals surface area contributed by atoms with E-state index in [4.69, 9.17) is 4.74 Å². The number of fused-ring (bicyclic) bond motifs is 1. The summed E-state index contributed by atoms with van der Waals surface area (Å²) < 4.78 is 5.60. The van der Waals surface area contributed by atoms with Crippen molar-refractivity contribution in [2.75, 3.05) is 37.0 Å². The van der Waals surface area contributed by atoms with Crippen molar-refractivity contribution in [1.29, 1.82) is 0 Å². The van der Waals surface area contributed by atoms with Gasteiger partial charge < -0.3 is 15.0 Å². The van der Waals surface area contributed by atoms with E-state index in [1.165, 1.54) is 0 Å². The van der Waals surface area contributed by atoms with E-state index in [0.29, 0.717) is 12.6 Å². The molecule has 0 spiro atoms. The lowest BCUT2D eigenvalue weighted by Gasteiger charge is -2.43. The number of ether oxygens (including phenoxy) is 1. The molecule has 0 aliphatic carbocycles. The predicted octanol–water partition coefficient (Wildman–Crippen LogP) is 2.29. The smallest absolute Gasteiger partial charge is 0.224 e. The van der Waals surface area contributed by atoms with Crippen molar-refractivity contribution in [3.05, 3.63) is 24.3 Å². The number of aromatic nitrogens is 2. The van der Waals surface area contributed by atoms with Crippen molar-refractivity contribution < 1.29 is 4.74 Å². The van der Waals surface area contributed by atoms with Gasteiger partial charge in [-0.1, -0.05) is 12.1 Å². The summed E-state index contributed by atoms with van der Waals surface area (Å²) in [5, 5.41) is 4.13. The first-order chi connectivity index (χ1) is 9.62. The van der Waals surface area contributed by atoms with Crippen LogP contribution in [0.25, 0.3) is 10.9 Å². The largest absolute Gasteiger partial charge is 0.377 e. The van der Waals surface area contributed by atoms with E-state index in [2.05, 4.69) is 40.1 Å². The average Bonchev–Trinajstić information content (AvgIpc) is 2.46. The Balaban J connectivity index is 2.18. The van der Waals surface area contributed by atoms with E-state index in [1.807, 2.05) is 25.2 Å². The quantitative estimate of drug-likeness (QED) is 0.909. The SMILES string of the molecule is CNc1nc(N2CCOCC2(C)C)c2ccccc2n1. The number of benzene rings is 1. The van der Waals surface area contributed by atoms with Gasteiger partial charge in [-0.15, -0.1) is 0 Å². The van der Waals surface area contributed by atoms with Gasteiger partial charge in [-0.25, -0.2) is 4.98 Å². The molecular weight excluding hydrogens is 252 g/mol. The first-order valence-corrected chi connectivity index (χ1v) is 6.92. The number of hydrogen-bond donors (Lipinski definition) is 1. The molecule has 1 aliphatic rings. The molecule has 0 radical (unpaired) electrons. The van der Waals surface area contributed by atoms with Crippen LogP contribution in [0.3, 0.4) is 0 Å². The molecule has 106 valence electrons.